The normalized spacial score (nSPS) is 18.8. The monoisotopic (exact) mass is 348 g/mol. The molecule has 0 spiro atoms. The fourth-order valence-electron chi connectivity index (χ4n) is 2.88. The van der Waals surface area contributed by atoms with Gasteiger partial charge in [0, 0.05) is 36.3 Å². The van der Waals surface area contributed by atoms with E-state index < -0.39 is 5.69 Å². The summed E-state index contributed by atoms with van der Waals surface area (Å²) in [5, 5.41) is 4.14. The van der Waals surface area contributed by atoms with E-state index in [-0.39, 0.29) is 6.04 Å². The Bertz CT molecular complexity index is 1050. The molecule has 2 aromatic heterocycles. The van der Waals surface area contributed by atoms with Crippen LogP contribution in [0.15, 0.2) is 64.0 Å². The maximum absolute atomic E-state index is 11.8. The summed E-state index contributed by atoms with van der Waals surface area (Å²) in [5.74, 6) is 0.537. The van der Waals surface area contributed by atoms with Crippen LogP contribution in [0.2, 0.25) is 0 Å². The molecule has 2 aliphatic rings. The molecule has 2 aromatic rings. The lowest BCUT2D eigenvalue weighted by Gasteiger charge is -2.14. The molecule has 26 heavy (non-hydrogen) atoms. The van der Waals surface area contributed by atoms with Gasteiger partial charge in [-0.1, -0.05) is 12.2 Å². The number of nitrogens with zero attached hydrogens (tertiary/aromatic N) is 3. The molecule has 0 aliphatic carbocycles. The lowest BCUT2D eigenvalue weighted by molar-refractivity contribution is 0.402. The number of nitrogens with one attached hydrogen (secondary N) is 3. The van der Waals surface area contributed by atoms with Gasteiger partial charge in [-0.25, -0.2) is 4.79 Å². The van der Waals surface area contributed by atoms with Crippen LogP contribution in [-0.2, 0) is 11.2 Å². The van der Waals surface area contributed by atoms with Gasteiger partial charge in [0.05, 0.1) is 23.9 Å². The highest BCUT2D eigenvalue weighted by Crippen LogP contribution is 2.29. The molecule has 4 bridgehead atoms. The van der Waals surface area contributed by atoms with Crippen molar-refractivity contribution in [2.75, 3.05) is 5.32 Å². The highest BCUT2D eigenvalue weighted by molar-refractivity contribution is 6.05. The van der Waals surface area contributed by atoms with E-state index >= 15 is 0 Å². The maximum Gasteiger partial charge on any atom is 0.348 e. The first-order chi connectivity index (χ1) is 12.8. The second-order valence-corrected chi connectivity index (χ2v) is 5.67. The van der Waals surface area contributed by atoms with E-state index in [9.17, 15) is 4.79 Å². The Morgan fingerprint density at radius 3 is 3.00 bits per heavy atom. The first-order valence-electron chi connectivity index (χ1n) is 8.08. The number of aliphatic imine (C=N–C) groups is 2. The molecule has 0 fully saturated rings. The summed E-state index contributed by atoms with van der Waals surface area (Å²) in [6.45, 7) is 0. The van der Waals surface area contributed by atoms with Gasteiger partial charge < -0.3 is 15.0 Å². The molecule has 4 heterocycles. The van der Waals surface area contributed by atoms with Crippen LogP contribution in [0.5, 0.6) is 0 Å². The Morgan fingerprint density at radius 1 is 1.08 bits per heavy atom. The predicted molar refractivity (Wildman–Crippen MR) is 102 cm³/mol. The number of aromatic nitrogens is 3. The van der Waals surface area contributed by atoms with Gasteiger partial charge in [0.15, 0.2) is 0 Å². The number of rotatable bonds is 0. The number of aromatic amines is 2. The number of hydrogen-bond donors (Lipinski definition) is 3. The van der Waals surface area contributed by atoms with Gasteiger partial charge in [-0.15, -0.1) is 0 Å². The second kappa shape index (κ2) is 7.06. The smallest absolute Gasteiger partial charge is 0.348 e. The van der Waals surface area contributed by atoms with E-state index in [1.807, 2.05) is 12.2 Å². The third-order valence-corrected chi connectivity index (χ3v) is 3.93. The summed E-state index contributed by atoms with van der Waals surface area (Å²) in [6.07, 6.45) is 17.6. The number of H-pyrrole nitrogens is 2. The Kier molecular flexibility index (Phi) is 4.29. The standard InChI is InChI=1S/C18H16N6O2/c25-18-23-16-15-13-11-20-6-3-5-19-7-9-26-8-2-1-4-12(21-16)10-14(13)22-17(15)24-18/h1-9,11-12H,10H2,(H3,21,22,23,24,25). The summed E-state index contributed by atoms with van der Waals surface area (Å²) in [4.78, 5) is 30.3. The van der Waals surface area contributed by atoms with E-state index in [2.05, 4.69) is 30.3 Å². The molecule has 0 radical (unpaired) electrons. The highest BCUT2D eigenvalue weighted by Gasteiger charge is 2.23. The Balaban J connectivity index is 1.82. The summed E-state index contributed by atoms with van der Waals surface area (Å²) < 4.78 is 5.19. The van der Waals surface area contributed by atoms with Gasteiger partial charge in [0.1, 0.15) is 17.7 Å². The van der Waals surface area contributed by atoms with E-state index in [0.29, 0.717) is 17.9 Å². The van der Waals surface area contributed by atoms with E-state index in [1.54, 1.807) is 43.2 Å². The van der Waals surface area contributed by atoms with E-state index in [0.717, 1.165) is 16.6 Å². The van der Waals surface area contributed by atoms with Crippen LogP contribution in [0, 0.1) is 0 Å². The van der Waals surface area contributed by atoms with Crippen LogP contribution in [0.3, 0.4) is 0 Å². The van der Waals surface area contributed by atoms with Crippen LogP contribution in [-0.4, -0.2) is 33.4 Å². The second-order valence-electron chi connectivity index (χ2n) is 5.67. The predicted octanol–water partition coefficient (Wildman–Crippen LogP) is 2.16. The fraction of sp³-hybridized carbons (Fsp3) is 0.111. The molecule has 3 N–H and O–H groups in total. The molecule has 0 saturated heterocycles. The molecular formula is C18H16N6O2. The minimum absolute atomic E-state index is 0.0284. The summed E-state index contributed by atoms with van der Waals surface area (Å²) >= 11 is 0. The zero-order chi connectivity index (χ0) is 17.8. The Morgan fingerprint density at radius 2 is 2.04 bits per heavy atom. The van der Waals surface area contributed by atoms with Crippen molar-refractivity contribution in [3.8, 4) is 0 Å². The van der Waals surface area contributed by atoms with Crippen LogP contribution in [0.4, 0.5) is 5.82 Å². The summed E-state index contributed by atoms with van der Waals surface area (Å²) in [5.41, 5.74) is 2.12. The molecule has 2 aliphatic heterocycles. The van der Waals surface area contributed by atoms with Gasteiger partial charge in [0.25, 0.3) is 0 Å². The average molecular weight is 348 g/mol. The van der Waals surface area contributed by atoms with Gasteiger partial charge in [-0.3, -0.25) is 15.0 Å². The number of ether oxygens (including phenoxy) is 1. The molecule has 4 rings (SSSR count). The summed E-state index contributed by atoms with van der Waals surface area (Å²) in [6, 6.07) is -0.0284. The Hall–Kier alpha value is -3.68. The van der Waals surface area contributed by atoms with Gasteiger partial charge >= 0.3 is 5.69 Å². The van der Waals surface area contributed by atoms with Crippen LogP contribution < -0.4 is 11.0 Å². The molecule has 0 saturated carbocycles. The average Bonchev–Trinajstić information content (AvgIpc) is 2.87. The fourth-order valence-corrected chi connectivity index (χ4v) is 2.88. The van der Waals surface area contributed by atoms with Crippen LogP contribution in [0.1, 0.15) is 11.3 Å². The third-order valence-electron chi connectivity index (χ3n) is 3.93. The van der Waals surface area contributed by atoms with E-state index in [4.69, 9.17) is 4.74 Å². The zero-order valence-corrected chi connectivity index (χ0v) is 13.7. The SMILES string of the molecule is O=c1nc2c3c4c([nH]c3[nH]1)CC(C=CC=COC=CN=CC=CN=C4)N2. The van der Waals surface area contributed by atoms with Crippen LogP contribution in [0.25, 0.3) is 11.0 Å². The number of fused-ring (bicyclic) bond motifs is 1. The van der Waals surface area contributed by atoms with Crippen molar-refractivity contribution < 1.29 is 4.74 Å². The minimum atomic E-state index is -0.403. The molecule has 0 amide bonds. The first-order valence-corrected chi connectivity index (χ1v) is 8.08. The van der Waals surface area contributed by atoms with Crippen molar-refractivity contribution >= 4 is 29.3 Å². The zero-order valence-electron chi connectivity index (χ0n) is 13.7. The first kappa shape index (κ1) is 15.8. The Labute approximate surface area is 148 Å². The van der Waals surface area contributed by atoms with Crippen molar-refractivity contribution in [1.29, 1.82) is 0 Å². The highest BCUT2D eigenvalue weighted by atomic mass is 16.5. The van der Waals surface area contributed by atoms with E-state index in [1.165, 1.54) is 6.26 Å². The topological polar surface area (TPSA) is 108 Å². The van der Waals surface area contributed by atoms with Crippen molar-refractivity contribution in [3.05, 3.63) is 71.0 Å². The number of hydrogen-bond acceptors (Lipinski definition) is 6. The maximum atomic E-state index is 11.8. The molecule has 8 heteroatoms. The third kappa shape index (κ3) is 3.25. The van der Waals surface area contributed by atoms with Crippen molar-refractivity contribution in [1.82, 2.24) is 15.0 Å². The number of anilines is 1. The van der Waals surface area contributed by atoms with Crippen LogP contribution >= 0.6 is 0 Å². The molecular weight excluding hydrogens is 332 g/mol. The van der Waals surface area contributed by atoms with Crippen molar-refractivity contribution in [2.45, 2.75) is 12.5 Å². The summed E-state index contributed by atoms with van der Waals surface area (Å²) in [7, 11) is 0. The molecule has 1 unspecified atom stereocenters. The molecule has 1 atom stereocenters. The molecule has 0 aromatic carbocycles. The molecule has 130 valence electrons. The minimum Gasteiger partial charge on any atom is -0.471 e. The van der Waals surface area contributed by atoms with Crippen molar-refractivity contribution in [3.63, 3.8) is 0 Å². The van der Waals surface area contributed by atoms with Gasteiger partial charge in [-0.05, 0) is 12.2 Å². The largest absolute Gasteiger partial charge is 0.471 e. The van der Waals surface area contributed by atoms with Gasteiger partial charge in [0.2, 0.25) is 0 Å². The van der Waals surface area contributed by atoms with Crippen molar-refractivity contribution in [2.24, 2.45) is 9.98 Å². The molecule has 8 nitrogen and oxygen atoms in total. The number of allylic oxidation sites excluding steroid dienone is 3. The van der Waals surface area contributed by atoms with Gasteiger partial charge in [-0.2, -0.15) is 4.98 Å². The lowest BCUT2D eigenvalue weighted by atomic mass is 10.1. The quantitative estimate of drug-likeness (QED) is 0.678. The lowest BCUT2D eigenvalue weighted by Crippen LogP contribution is -2.23.